The maximum absolute atomic E-state index is 13.4. The van der Waals surface area contributed by atoms with E-state index in [9.17, 15) is 13.2 Å². The number of piperazine rings is 1. The molecule has 0 bridgehead atoms. The number of likely N-dealkylation sites (N-methyl/N-ethyl adjacent to an activating group) is 1. The first kappa shape index (κ1) is 14.1. The van der Waals surface area contributed by atoms with Gasteiger partial charge in [-0.25, -0.2) is 13.2 Å². The Bertz CT molecular complexity index is 431. The van der Waals surface area contributed by atoms with E-state index in [0.717, 1.165) is 38.8 Å². The molecule has 1 aromatic rings. The fourth-order valence-electron chi connectivity index (χ4n) is 2.10. The van der Waals surface area contributed by atoms with Crippen molar-refractivity contribution in [2.75, 3.05) is 51.6 Å². The van der Waals surface area contributed by atoms with Gasteiger partial charge in [-0.15, -0.1) is 0 Å². The van der Waals surface area contributed by atoms with Crippen LogP contribution in [-0.4, -0.2) is 56.1 Å². The van der Waals surface area contributed by atoms with Crippen LogP contribution in [0.1, 0.15) is 0 Å². The Kier molecular flexibility index (Phi) is 4.66. The van der Waals surface area contributed by atoms with Crippen molar-refractivity contribution >= 4 is 5.69 Å². The van der Waals surface area contributed by atoms with E-state index in [-0.39, 0.29) is 5.69 Å². The predicted octanol–water partition coefficient (Wildman–Crippen LogP) is 1.76. The number of nitrogens with zero attached hydrogens (tertiary/aromatic N) is 2. The van der Waals surface area contributed by atoms with Crippen LogP contribution in [0.2, 0.25) is 0 Å². The first-order chi connectivity index (χ1) is 9.06. The molecule has 106 valence electrons. The second-order valence-corrected chi connectivity index (χ2v) is 4.82. The minimum Gasteiger partial charge on any atom is -0.381 e. The van der Waals surface area contributed by atoms with E-state index < -0.39 is 17.5 Å². The van der Waals surface area contributed by atoms with E-state index in [4.69, 9.17) is 0 Å². The zero-order valence-corrected chi connectivity index (χ0v) is 10.9. The molecule has 3 nitrogen and oxygen atoms in total. The quantitative estimate of drug-likeness (QED) is 0.843. The van der Waals surface area contributed by atoms with Crippen LogP contribution in [-0.2, 0) is 0 Å². The Morgan fingerprint density at radius 2 is 1.79 bits per heavy atom. The maximum Gasteiger partial charge on any atom is 0.182 e. The Morgan fingerprint density at radius 1 is 1.11 bits per heavy atom. The molecule has 0 atom stereocenters. The van der Waals surface area contributed by atoms with Crippen molar-refractivity contribution < 1.29 is 13.2 Å². The van der Waals surface area contributed by atoms with Gasteiger partial charge < -0.3 is 10.2 Å². The lowest BCUT2D eigenvalue weighted by atomic mass is 10.2. The van der Waals surface area contributed by atoms with Gasteiger partial charge in [0.15, 0.2) is 11.6 Å². The van der Waals surface area contributed by atoms with Crippen molar-refractivity contribution in [3.8, 4) is 0 Å². The van der Waals surface area contributed by atoms with Crippen LogP contribution in [0.5, 0.6) is 0 Å². The number of rotatable bonds is 4. The molecule has 19 heavy (non-hydrogen) atoms. The summed E-state index contributed by atoms with van der Waals surface area (Å²) < 4.78 is 39.3. The van der Waals surface area contributed by atoms with Crippen LogP contribution in [0.3, 0.4) is 0 Å². The summed E-state index contributed by atoms with van der Waals surface area (Å²) in [5.41, 5.74) is -0.119. The molecule has 6 heteroatoms. The second-order valence-electron chi connectivity index (χ2n) is 4.82. The van der Waals surface area contributed by atoms with Gasteiger partial charge in [-0.1, -0.05) is 0 Å². The monoisotopic (exact) mass is 273 g/mol. The molecular weight excluding hydrogens is 255 g/mol. The molecule has 1 heterocycles. The van der Waals surface area contributed by atoms with Crippen molar-refractivity contribution in [3.05, 3.63) is 29.6 Å². The number of hydrogen-bond donors (Lipinski definition) is 1. The lowest BCUT2D eigenvalue weighted by molar-refractivity contribution is 0.158. The van der Waals surface area contributed by atoms with Gasteiger partial charge in [0.2, 0.25) is 0 Å². The standard InChI is InChI=1S/C13H18F3N3/c1-18-4-6-19(7-5-18)3-2-17-12-9-10(14)8-11(15)13(12)16/h8-9,17H,2-7H2,1H3. The van der Waals surface area contributed by atoms with Crippen LogP contribution in [0.4, 0.5) is 18.9 Å². The molecule has 1 saturated heterocycles. The lowest BCUT2D eigenvalue weighted by Crippen LogP contribution is -2.45. The van der Waals surface area contributed by atoms with E-state index in [1.807, 2.05) is 0 Å². The minimum atomic E-state index is -1.16. The molecule has 0 aromatic heterocycles. The summed E-state index contributed by atoms with van der Waals surface area (Å²) in [7, 11) is 2.07. The molecule has 0 aliphatic carbocycles. The highest BCUT2D eigenvalue weighted by Gasteiger charge is 2.14. The third kappa shape index (κ3) is 3.84. The zero-order valence-electron chi connectivity index (χ0n) is 10.9. The maximum atomic E-state index is 13.4. The van der Waals surface area contributed by atoms with Gasteiger partial charge >= 0.3 is 0 Å². The molecule has 1 fully saturated rings. The molecule has 0 amide bonds. The number of anilines is 1. The predicted molar refractivity (Wildman–Crippen MR) is 68.7 cm³/mol. The van der Waals surface area contributed by atoms with Gasteiger partial charge in [-0.2, -0.15) is 0 Å². The summed E-state index contributed by atoms with van der Waals surface area (Å²) in [5.74, 6) is -2.97. The summed E-state index contributed by atoms with van der Waals surface area (Å²) in [6, 6.07) is 1.52. The fourth-order valence-corrected chi connectivity index (χ4v) is 2.10. The van der Waals surface area contributed by atoms with Crippen LogP contribution in [0.25, 0.3) is 0 Å². The van der Waals surface area contributed by atoms with Crippen molar-refractivity contribution in [2.45, 2.75) is 0 Å². The minimum absolute atomic E-state index is 0.119. The molecule has 1 N–H and O–H groups in total. The number of benzene rings is 1. The molecule has 2 rings (SSSR count). The van der Waals surface area contributed by atoms with E-state index in [0.29, 0.717) is 12.6 Å². The Hall–Kier alpha value is -1.27. The lowest BCUT2D eigenvalue weighted by Gasteiger charge is -2.32. The molecule has 0 spiro atoms. The van der Waals surface area contributed by atoms with Gasteiger partial charge in [0.25, 0.3) is 0 Å². The van der Waals surface area contributed by atoms with Gasteiger partial charge in [-0.05, 0) is 7.05 Å². The highest BCUT2D eigenvalue weighted by atomic mass is 19.2. The molecule has 1 aliphatic rings. The Morgan fingerprint density at radius 3 is 2.47 bits per heavy atom. The SMILES string of the molecule is CN1CCN(CCNc2cc(F)cc(F)c2F)CC1. The average Bonchev–Trinajstić information content (AvgIpc) is 2.37. The van der Waals surface area contributed by atoms with E-state index >= 15 is 0 Å². The molecule has 0 saturated carbocycles. The van der Waals surface area contributed by atoms with E-state index in [1.165, 1.54) is 0 Å². The first-order valence-electron chi connectivity index (χ1n) is 6.35. The molecule has 1 aliphatic heterocycles. The topological polar surface area (TPSA) is 18.5 Å². The highest BCUT2D eigenvalue weighted by molar-refractivity contribution is 5.45. The second kappa shape index (κ2) is 6.25. The Balaban J connectivity index is 1.83. The summed E-state index contributed by atoms with van der Waals surface area (Å²) >= 11 is 0. The normalized spacial score (nSPS) is 17.7. The van der Waals surface area contributed by atoms with Crippen LogP contribution < -0.4 is 5.32 Å². The van der Waals surface area contributed by atoms with Crippen molar-refractivity contribution in [2.24, 2.45) is 0 Å². The summed E-state index contributed by atoms with van der Waals surface area (Å²) in [5, 5.41) is 2.74. The molecular formula is C13H18F3N3. The summed E-state index contributed by atoms with van der Waals surface area (Å²) in [6.07, 6.45) is 0. The smallest absolute Gasteiger partial charge is 0.182 e. The third-order valence-electron chi connectivity index (χ3n) is 3.33. The number of nitrogens with one attached hydrogen (secondary N) is 1. The average molecular weight is 273 g/mol. The Labute approximate surface area is 111 Å². The first-order valence-corrected chi connectivity index (χ1v) is 6.35. The van der Waals surface area contributed by atoms with Gasteiger partial charge in [-0.3, -0.25) is 4.90 Å². The molecule has 1 aromatic carbocycles. The van der Waals surface area contributed by atoms with Crippen LogP contribution in [0, 0.1) is 17.5 Å². The summed E-state index contributed by atoms with van der Waals surface area (Å²) in [4.78, 5) is 4.48. The van der Waals surface area contributed by atoms with Gasteiger partial charge in [0.05, 0.1) is 5.69 Å². The zero-order chi connectivity index (χ0) is 13.8. The summed E-state index contributed by atoms with van der Waals surface area (Å²) in [6.45, 7) is 5.11. The molecule has 0 unspecified atom stereocenters. The highest BCUT2D eigenvalue weighted by Crippen LogP contribution is 2.18. The fraction of sp³-hybridized carbons (Fsp3) is 0.538. The third-order valence-corrected chi connectivity index (χ3v) is 3.33. The number of hydrogen-bond acceptors (Lipinski definition) is 3. The van der Waals surface area contributed by atoms with Crippen molar-refractivity contribution in [3.63, 3.8) is 0 Å². The van der Waals surface area contributed by atoms with Gasteiger partial charge in [0, 0.05) is 51.4 Å². The van der Waals surface area contributed by atoms with E-state index in [2.05, 4.69) is 22.2 Å². The van der Waals surface area contributed by atoms with Crippen molar-refractivity contribution in [1.82, 2.24) is 9.80 Å². The van der Waals surface area contributed by atoms with Crippen LogP contribution >= 0.6 is 0 Å². The largest absolute Gasteiger partial charge is 0.381 e. The van der Waals surface area contributed by atoms with Crippen LogP contribution in [0.15, 0.2) is 12.1 Å². The number of halogens is 3. The van der Waals surface area contributed by atoms with E-state index in [1.54, 1.807) is 0 Å². The van der Waals surface area contributed by atoms with Crippen molar-refractivity contribution in [1.29, 1.82) is 0 Å². The van der Waals surface area contributed by atoms with Gasteiger partial charge in [0.1, 0.15) is 5.82 Å². The molecule has 0 radical (unpaired) electrons.